The summed E-state index contributed by atoms with van der Waals surface area (Å²) in [4.78, 5) is 36.7. The van der Waals surface area contributed by atoms with Crippen LogP contribution in [0.5, 0.6) is 0 Å². The second kappa shape index (κ2) is 29.0. The number of benzene rings is 7. The van der Waals surface area contributed by atoms with Crippen LogP contribution in [-0.2, 0) is 43.0 Å². The Labute approximate surface area is 556 Å². The molecule has 9 aromatic rings. The molecule has 0 fully saturated rings. The predicted molar refractivity (Wildman–Crippen MR) is 369 cm³/mol. The lowest BCUT2D eigenvalue weighted by molar-refractivity contribution is -0.672. The van der Waals surface area contributed by atoms with E-state index in [1.165, 1.54) is 11.8 Å². The van der Waals surface area contributed by atoms with Crippen LogP contribution in [-0.4, -0.2) is 87.6 Å². The van der Waals surface area contributed by atoms with Crippen molar-refractivity contribution in [2.24, 2.45) is 0 Å². The van der Waals surface area contributed by atoms with Gasteiger partial charge in [0, 0.05) is 78.9 Å². The summed E-state index contributed by atoms with van der Waals surface area (Å²) in [7, 11) is -8.69. The van der Waals surface area contributed by atoms with E-state index in [4.69, 9.17) is 34.8 Å². The number of carbonyl (C=O) groups excluding carboxylic acids is 2. The fourth-order valence-electron chi connectivity index (χ4n) is 10.6. The van der Waals surface area contributed by atoms with E-state index in [2.05, 4.69) is 72.1 Å². The van der Waals surface area contributed by atoms with Crippen LogP contribution >= 0.6 is 81.0 Å². The molecule has 0 bridgehead atoms. The van der Waals surface area contributed by atoms with E-state index in [0.717, 1.165) is 89.4 Å². The number of rotatable bonds is 22. The van der Waals surface area contributed by atoms with Gasteiger partial charge in [-0.1, -0.05) is 141 Å². The van der Waals surface area contributed by atoms with Gasteiger partial charge >= 0.3 is 0 Å². The number of nitrogens with zero attached hydrogens (tertiary/aromatic N) is 6. The van der Waals surface area contributed by atoms with Crippen molar-refractivity contribution in [1.29, 1.82) is 0 Å². The van der Waals surface area contributed by atoms with Crippen LogP contribution < -0.4 is 39.4 Å². The average Bonchev–Trinajstić information content (AvgIpc) is 1.66. The number of aryl methyl sites for hydroxylation is 2. The zero-order chi connectivity index (χ0) is 64.0. The summed E-state index contributed by atoms with van der Waals surface area (Å²) in [5.41, 5.74) is 6.74. The summed E-state index contributed by atoms with van der Waals surface area (Å²) in [6, 6.07) is 47.4. The first-order valence-electron chi connectivity index (χ1n) is 28.9. The molecule has 0 saturated heterocycles. The maximum Gasteiger partial charge on any atom is 0.267 e. The first-order valence-corrected chi connectivity index (χ1v) is 36.5. The number of fused-ring (bicyclic) bond motifs is 6. The van der Waals surface area contributed by atoms with Gasteiger partial charge in [-0.15, -0.1) is 0 Å². The molecule has 16 nitrogen and oxygen atoms in total. The molecule has 25 heteroatoms. The van der Waals surface area contributed by atoms with Crippen molar-refractivity contribution in [3.63, 3.8) is 0 Å². The minimum absolute atomic E-state index is 0.110. The Morgan fingerprint density at radius 3 is 1.76 bits per heavy atom. The molecular formula is C65H65Cl3N8O8S6. The zero-order valence-corrected chi connectivity index (χ0v) is 56.9. The van der Waals surface area contributed by atoms with Crippen molar-refractivity contribution in [3.8, 4) is 0 Å². The van der Waals surface area contributed by atoms with Crippen molar-refractivity contribution in [3.05, 3.63) is 186 Å². The standard InChI is InChI=1S/C35H35ClN4O4S3.C30H30Cl2N4O4S3/c1-23(2)39(27-13-9-24(3)10-14-27)21-32(41)37-22-40-29-19-26(36)12-16-30(29)45-34(40)20-33-38(17-6-18-47(42,43)44)35-28-8-5-4-7-25(28)11-15-31(35)46-33;1-20(2)35(23-7-4-3-5-8-23)18-28(37)33-19-36-25-16-22(32)10-12-27(25)42-30(36)17-29-34(13-6-14-43(38,39)40)24-15-21(31)9-11-26(24)41-29/h4-5,7-16,19-20,23H,6,17-18,21-22H2,1-3H3,(H-,37,41,42,43,44);3-5,7-12,15-17,20H,6,13-14,18-19H2,1-2H3,(H-,33,37,38,39,40). The molecule has 2 N–H and O–H groups in total. The molecule has 11 rings (SSSR count). The number of nitrogens with one attached hydrogen (secondary N) is 2. The largest absolute Gasteiger partial charge is 0.748 e. The van der Waals surface area contributed by atoms with Crippen LogP contribution in [0.2, 0.25) is 15.1 Å². The SMILES string of the molecule is CC(C)N(CC(=O)NC[n+]1c(/C=C2\Sc3ccc(Cl)cc3N2CCCS(=O)(=O)[O-])sc2ccc(Cl)cc21)c1ccccc1.Cc1ccc(N(CC(=O)NCN2C(=Cc3sc4ccc5ccccc5c4[n+]3CCCS(=O)(=O)[O-])Sc3ccc(Cl)cc32)C(C)C)cc1. The molecule has 0 unspecified atom stereocenters. The fourth-order valence-corrected chi connectivity index (χ4v) is 16.6. The summed E-state index contributed by atoms with van der Waals surface area (Å²) in [5.74, 6) is -1.13. The third-order valence-electron chi connectivity index (χ3n) is 14.9. The Hall–Kier alpha value is -6.41. The van der Waals surface area contributed by atoms with Crippen molar-refractivity contribution < 1.29 is 44.7 Å². The van der Waals surface area contributed by atoms with Gasteiger partial charge < -0.3 is 34.0 Å². The Morgan fingerprint density at radius 2 is 1.12 bits per heavy atom. The van der Waals surface area contributed by atoms with E-state index in [9.17, 15) is 35.5 Å². The van der Waals surface area contributed by atoms with E-state index in [1.54, 1.807) is 34.4 Å². The molecule has 0 aliphatic carbocycles. The van der Waals surface area contributed by atoms with E-state index < -0.39 is 31.7 Å². The molecule has 7 aromatic carbocycles. The Bertz CT molecular complexity index is 4430. The lowest BCUT2D eigenvalue weighted by atomic mass is 10.1. The number of hydrogen-bond acceptors (Lipinski definition) is 16. The highest BCUT2D eigenvalue weighted by Gasteiger charge is 2.32. The number of thioether (sulfide) groups is 2. The van der Waals surface area contributed by atoms with Gasteiger partial charge in [-0.25, -0.2) is 16.8 Å². The van der Waals surface area contributed by atoms with Gasteiger partial charge in [0.15, 0.2) is 6.54 Å². The topological polar surface area (TPSA) is 193 Å². The summed E-state index contributed by atoms with van der Waals surface area (Å²) < 4.78 is 74.5. The maximum absolute atomic E-state index is 13.4. The van der Waals surface area contributed by atoms with Crippen LogP contribution in [0.25, 0.3) is 43.4 Å². The van der Waals surface area contributed by atoms with Crippen molar-refractivity contribution in [2.45, 2.75) is 82.5 Å². The van der Waals surface area contributed by atoms with Crippen molar-refractivity contribution in [1.82, 2.24) is 10.6 Å². The van der Waals surface area contributed by atoms with Crippen molar-refractivity contribution >= 4 is 179 Å². The number of aromatic nitrogens is 2. The van der Waals surface area contributed by atoms with E-state index in [1.807, 2.05) is 160 Å². The van der Waals surface area contributed by atoms with E-state index in [-0.39, 0.29) is 63.2 Å². The van der Waals surface area contributed by atoms with E-state index >= 15 is 0 Å². The van der Waals surface area contributed by atoms with E-state index in [0.29, 0.717) is 28.2 Å². The summed E-state index contributed by atoms with van der Waals surface area (Å²) in [5, 5.41) is 13.6. The van der Waals surface area contributed by atoms with Crippen LogP contribution in [0.3, 0.4) is 0 Å². The van der Waals surface area contributed by atoms with Crippen LogP contribution in [0.4, 0.5) is 22.7 Å². The molecule has 0 radical (unpaired) electrons. The van der Waals surface area contributed by atoms with Crippen LogP contribution in [0, 0.1) is 6.92 Å². The monoisotopic (exact) mass is 1380 g/mol. The summed E-state index contributed by atoms with van der Waals surface area (Å²) in [6.45, 7) is 11.8. The van der Waals surface area contributed by atoms with Gasteiger partial charge in [0.25, 0.3) is 10.0 Å². The first kappa shape index (κ1) is 66.5. The number of para-hydroxylation sites is 1. The second-order valence-corrected chi connectivity index (χ2v) is 30.6. The van der Waals surface area contributed by atoms with Crippen molar-refractivity contribution in [2.75, 3.05) is 57.4 Å². The van der Waals surface area contributed by atoms with Gasteiger partial charge in [0.1, 0.15) is 9.40 Å². The maximum atomic E-state index is 13.4. The Balaban J connectivity index is 0.000000199. The minimum Gasteiger partial charge on any atom is -0.748 e. The molecule has 4 heterocycles. The van der Waals surface area contributed by atoms with Gasteiger partial charge in [-0.05, 0) is 131 Å². The highest BCUT2D eigenvalue weighted by molar-refractivity contribution is 8.04. The smallest absolute Gasteiger partial charge is 0.267 e. The molecule has 0 saturated carbocycles. The molecule has 0 spiro atoms. The average molecular weight is 1390 g/mol. The third-order valence-corrected chi connectivity index (χ3v) is 21.7. The molecule has 2 aliphatic rings. The number of hydrogen-bond donors (Lipinski definition) is 2. The molecule has 2 amide bonds. The lowest BCUT2D eigenvalue weighted by Gasteiger charge is -2.29. The fraction of sp³-hybridized carbons (Fsp3) is 0.262. The lowest BCUT2D eigenvalue weighted by Crippen LogP contribution is -2.48. The van der Waals surface area contributed by atoms with Crippen LogP contribution in [0.15, 0.2) is 165 Å². The Kier molecular flexibility index (Phi) is 21.5. The van der Waals surface area contributed by atoms with Gasteiger partial charge in [0.2, 0.25) is 29.5 Å². The summed E-state index contributed by atoms with van der Waals surface area (Å²) in [6.07, 6.45) is 4.45. The molecule has 2 aromatic heterocycles. The van der Waals surface area contributed by atoms with Gasteiger partial charge in [-0.3, -0.25) is 14.9 Å². The molecule has 2 aliphatic heterocycles. The second-order valence-electron chi connectivity index (χ2n) is 22.0. The number of carbonyl (C=O) groups is 2. The normalized spacial score (nSPS) is 14.0. The number of thiazole rings is 2. The van der Waals surface area contributed by atoms with Gasteiger partial charge in [0.05, 0.1) is 79.0 Å². The first-order chi connectivity index (χ1) is 42.9. The molecule has 470 valence electrons. The highest BCUT2D eigenvalue weighted by Crippen LogP contribution is 2.49. The number of amides is 2. The van der Waals surface area contributed by atoms with Crippen LogP contribution in [0.1, 0.15) is 56.1 Å². The number of anilines is 4. The zero-order valence-electron chi connectivity index (χ0n) is 49.8. The molecule has 90 heavy (non-hydrogen) atoms. The van der Waals surface area contributed by atoms with Gasteiger partial charge in [-0.2, -0.15) is 9.13 Å². The number of halogens is 3. The predicted octanol–water partition coefficient (Wildman–Crippen LogP) is 13.5. The molecule has 0 atom stereocenters. The summed E-state index contributed by atoms with van der Waals surface area (Å²) >= 11 is 25.4. The molecular weight excluding hydrogens is 1320 g/mol. The quantitative estimate of drug-likeness (QED) is 0.0481. The highest BCUT2D eigenvalue weighted by atomic mass is 35.5. The third kappa shape index (κ3) is 16.6. The minimum atomic E-state index is -4.35. The Morgan fingerprint density at radius 1 is 0.600 bits per heavy atom.